The summed E-state index contributed by atoms with van der Waals surface area (Å²) in [6.07, 6.45) is 0.909. The second kappa shape index (κ2) is 3.69. The third-order valence-electron chi connectivity index (χ3n) is 1.17. The maximum Gasteiger partial charge on any atom is 0.329 e. The van der Waals surface area contributed by atoms with Gasteiger partial charge >= 0.3 is 5.97 Å². The first-order chi connectivity index (χ1) is 5.74. The van der Waals surface area contributed by atoms with Crippen molar-refractivity contribution in [1.82, 2.24) is 0 Å². The minimum Gasteiger partial charge on any atom is -0.478 e. The van der Waals surface area contributed by atoms with Gasteiger partial charge in [-0.2, -0.15) is 5.26 Å². The number of hydrogen-bond acceptors (Lipinski definition) is 3. The molecule has 1 N–H and O–H groups in total. The van der Waals surface area contributed by atoms with E-state index in [0.29, 0.717) is 4.88 Å². The second-order valence-corrected chi connectivity index (χ2v) is 2.93. The van der Waals surface area contributed by atoms with Gasteiger partial charge < -0.3 is 5.11 Å². The van der Waals surface area contributed by atoms with E-state index in [1.165, 1.54) is 11.3 Å². The van der Waals surface area contributed by atoms with Gasteiger partial charge in [0.25, 0.3) is 0 Å². The Hall–Kier alpha value is -1.60. The number of carboxylic acids is 1. The molecule has 0 amide bonds. The third kappa shape index (κ3) is 1.94. The predicted molar refractivity (Wildman–Crippen MR) is 45.5 cm³/mol. The fourth-order valence-electron chi connectivity index (χ4n) is 0.714. The van der Waals surface area contributed by atoms with Crippen LogP contribution in [0.1, 0.15) is 4.88 Å². The fourth-order valence-corrected chi connectivity index (χ4v) is 1.41. The molecule has 0 aromatic carbocycles. The van der Waals surface area contributed by atoms with Crippen LogP contribution >= 0.6 is 11.3 Å². The first kappa shape index (κ1) is 8.50. The first-order valence-corrected chi connectivity index (χ1v) is 4.00. The predicted octanol–water partition coefficient (Wildman–Crippen LogP) is 1.74. The van der Waals surface area contributed by atoms with E-state index in [1.54, 1.807) is 17.5 Å². The fraction of sp³-hybridized carbons (Fsp3) is 0. The second-order valence-electron chi connectivity index (χ2n) is 1.99. The lowest BCUT2D eigenvalue weighted by molar-refractivity contribution is -0.131. The number of nitrogens with zero attached hydrogens (tertiary/aromatic N) is 1. The van der Waals surface area contributed by atoms with E-state index in [0.717, 1.165) is 6.08 Å². The lowest BCUT2D eigenvalue weighted by atomic mass is 10.2. The Morgan fingerprint density at radius 2 is 2.50 bits per heavy atom. The van der Waals surface area contributed by atoms with Crippen molar-refractivity contribution < 1.29 is 9.90 Å². The van der Waals surface area contributed by atoms with Gasteiger partial charge in [-0.25, -0.2) is 4.79 Å². The van der Waals surface area contributed by atoms with Crippen LogP contribution in [0.3, 0.4) is 0 Å². The van der Waals surface area contributed by atoms with E-state index in [1.807, 2.05) is 6.07 Å². The summed E-state index contributed by atoms with van der Waals surface area (Å²) in [6.45, 7) is 0. The molecule has 0 fully saturated rings. The van der Waals surface area contributed by atoms with E-state index >= 15 is 0 Å². The van der Waals surface area contributed by atoms with Gasteiger partial charge in [0.2, 0.25) is 0 Å². The van der Waals surface area contributed by atoms with Crippen molar-refractivity contribution in [3.8, 4) is 6.07 Å². The van der Waals surface area contributed by atoms with E-state index in [9.17, 15) is 4.79 Å². The van der Waals surface area contributed by atoms with E-state index in [2.05, 4.69) is 0 Å². The molecule has 0 saturated carbocycles. The Morgan fingerprint density at radius 3 is 2.92 bits per heavy atom. The average Bonchev–Trinajstić information content (AvgIpc) is 2.51. The number of carboxylic acid groups (broad SMARTS) is 1. The molecule has 0 aliphatic rings. The summed E-state index contributed by atoms with van der Waals surface area (Å²) >= 11 is 1.34. The highest BCUT2D eigenvalue weighted by molar-refractivity contribution is 7.11. The topological polar surface area (TPSA) is 61.1 Å². The highest BCUT2D eigenvalue weighted by Gasteiger charge is 2.02. The molecular weight excluding hydrogens is 174 g/mol. The van der Waals surface area contributed by atoms with Crippen LogP contribution in [0, 0.1) is 11.3 Å². The zero-order valence-electron chi connectivity index (χ0n) is 6.02. The van der Waals surface area contributed by atoms with Crippen LogP contribution in [0.15, 0.2) is 23.6 Å². The normalized spacial score (nSPS) is 10.8. The smallest absolute Gasteiger partial charge is 0.329 e. The number of rotatable bonds is 2. The van der Waals surface area contributed by atoms with Gasteiger partial charge in [0.15, 0.2) is 0 Å². The van der Waals surface area contributed by atoms with Crippen molar-refractivity contribution in [2.24, 2.45) is 0 Å². The van der Waals surface area contributed by atoms with Crippen molar-refractivity contribution in [3.05, 3.63) is 28.5 Å². The summed E-state index contributed by atoms with van der Waals surface area (Å²) in [4.78, 5) is 10.9. The van der Waals surface area contributed by atoms with Crippen molar-refractivity contribution >= 4 is 22.9 Å². The molecule has 1 aromatic heterocycles. The van der Waals surface area contributed by atoms with Crippen LogP contribution in [-0.4, -0.2) is 11.1 Å². The number of hydrogen-bond donors (Lipinski definition) is 1. The lowest BCUT2D eigenvalue weighted by Gasteiger charge is -1.88. The summed E-state index contributed by atoms with van der Waals surface area (Å²) in [7, 11) is 0. The summed E-state index contributed by atoms with van der Waals surface area (Å²) in [5, 5.41) is 18.8. The van der Waals surface area contributed by atoms with Crippen molar-refractivity contribution in [2.45, 2.75) is 0 Å². The van der Waals surface area contributed by atoms with Gasteiger partial charge in [0, 0.05) is 11.0 Å². The van der Waals surface area contributed by atoms with Gasteiger partial charge in [0.05, 0.1) is 5.57 Å². The number of allylic oxidation sites excluding steroid dienone is 1. The van der Waals surface area contributed by atoms with E-state index < -0.39 is 5.97 Å². The number of nitriles is 1. The van der Waals surface area contributed by atoms with Gasteiger partial charge in [-0.3, -0.25) is 0 Å². The average molecular weight is 179 g/mol. The molecule has 0 atom stereocenters. The molecule has 12 heavy (non-hydrogen) atoms. The number of carbonyl (C=O) groups is 1. The molecule has 3 nitrogen and oxygen atoms in total. The molecule has 1 heterocycles. The largest absolute Gasteiger partial charge is 0.478 e. The Labute approximate surface area is 73.2 Å². The monoisotopic (exact) mass is 179 g/mol. The molecule has 4 heteroatoms. The van der Waals surface area contributed by atoms with Crippen LogP contribution in [-0.2, 0) is 4.79 Å². The zero-order valence-corrected chi connectivity index (χ0v) is 6.84. The Morgan fingerprint density at radius 1 is 1.75 bits per heavy atom. The lowest BCUT2D eigenvalue weighted by Crippen LogP contribution is -1.89. The molecule has 0 aliphatic carbocycles. The van der Waals surface area contributed by atoms with Crippen molar-refractivity contribution in [2.75, 3.05) is 0 Å². The molecular formula is C8H5NO2S. The van der Waals surface area contributed by atoms with Gasteiger partial charge in [-0.15, -0.1) is 11.3 Å². The highest BCUT2D eigenvalue weighted by Crippen LogP contribution is 2.18. The molecule has 0 radical (unpaired) electrons. The van der Waals surface area contributed by atoms with E-state index in [4.69, 9.17) is 10.4 Å². The molecule has 60 valence electrons. The van der Waals surface area contributed by atoms with Crippen molar-refractivity contribution in [3.63, 3.8) is 0 Å². The zero-order chi connectivity index (χ0) is 8.97. The summed E-state index contributed by atoms with van der Waals surface area (Å²) in [5.41, 5.74) is 0.192. The minimum atomic E-state index is -1.10. The maximum atomic E-state index is 10.2. The number of aliphatic carboxylic acids is 1. The van der Waals surface area contributed by atoms with Crippen molar-refractivity contribution in [1.29, 1.82) is 5.26 Å². The van der Waals surface area contributed by atoms with E-state index in [-0.39, 0.29) is 5.57 Å². The van der Waals surface area contributed by atoms with Crippen LogP contribution < -0.4 is 0 Å². The molecule has 0 bridgehead atoms. The third-order valence-corrected chi connectivity index (χ3v) is 2.08. The van der Waals surface area contributed by atoms with Gasteiger partial charge in [0.1, 0.15) is 6.07 Å². The number of thiophene rings is 1. The molecule has 1 rings (SSSR count). The highest BCUT2D eigenvalue weighted by atomic mass is 32.1. The summed E-state index contributed by atoms with van der Waals surface area (Å²) in [6, 6.07) is 5.31. The van der Waals surface area contributed by atoms with Crippen LogP contribution in [0.4, 0.5) is 0 Å². The van der Waals surface area contributed by atoms with Crippen LogP contribution in [0.25, 0.3) is 5.57 Å². The maximum absolute atomic E-state index is 10.2. The standard InChI is InChI=1S/C8H5NO2S/c9-5-6(4-8(10)11)7-2-1-3-12-7/h1-4H,(H,10,11)/b6-4-. The Bertz CT molecular complexity index is 346. The van der Waals surface area contributed by atoms with Gasteiger partial charge in [-0.1, -0.05) is 6.07 Å². The first-order valence-electron chi connectivity index (χ1n) is 3.12. The minimum absolute atomic E-state index is 0.192. The Balaban J connectivity index is 3.01. The van der Waals surface area contributed by atoms with Gasteiger partial charge in [-0.05, 0) is 11.4 Å². The Kier molecular flexibility index (Phi) is 2.62. The summed E-state index contributed by atoms with van der Waals surface area (Å²) in [5.74, 6) is -1.10. The quantitative estimate of drug-likeness (QED) is 0.555. The SMILES string of the molecule is N#C/C(=C/C(=O)O)c1cccs1. The molecule has 0 spiro atoms. The molecule has 1 aromatic rings. The molecule has 0 unspecified atom stereocenters. The summed E-state index contributed by atoms with van der Waals surface area (Å²) < 4.78 is 0. The molecule has 0 saturated heterocycles. The van der Waals surface area contributed by atoms with Crippen LogP contribution in [0.5, 0.6) is 0 Å². The van der Waals surface area contributed by atoms with Crippen LogP contribution in [0.2, 0.25) is 0 Å². The molecule has 0 aliphatic heterocycles.